The number of aromatic nitrogens is 3. The highest BCUT2D eigenvalue weighted by molar-refractivity contribution is 5.63. The van der Waals surface area contributed by atoms with Gasteiger partial charge in [0.05, 0.1) is 13.2 Å². The third-order valence-electron chi connectivity index (χ3n) is 5.09. The Morgan fingerprint density at radius 3 is 2.79 bits per heavy atom. The summed E-state index contributed by atoms with van der Waals surface area (Å²) in [5.41, 5.74) is 2.18. The molecule has 1 aliphatic heterocycles. The SMILES string of the molecule is COCCOc1cccc(Cn2cc(-c3noc(-c4ccc5c(c4)OCO5)n3)ccc2=O)c1. The molecule has 9 heteroatoms. The van der Waals surface area contributed by atoms with Crippen molar-refractivity contribution in [1.29, 1.82) is 0 Å². The maximum Gasteiger partial charge on any atom is 0.258 e. The van der Waals surface area contributed by atoms with Gasteiger partial charge in [0.15, 0.2) is 11.5 Å². The molecule has 3 heterocycles. The quantitative estimate of drug-likeness (QED) is 0.379. The average Bonchev–Trinajstić information content (AvgIpc) is 3.50. The van der Waals surface area contributed by atoms with E-state index in [2.05, 4.69) is 10.1 Å². The van der Waals surface area contributed by atoms with Crippen LogP contribution in [0.3, 0.4) is 0 Å². The zero-order valence-corrected chi connectivity index (χ0v) is 17.9. The topological polar surface area (TPSA) is 97.8 Å². The van der Waals surface area contributed by atoms with Gasteiger partial charge in [0.25, 0.3) is 11.4 Å². The smallest absolute Gasteiger partial charge is 0.258 e. The summed E-state index contributed by atoms with van der Waals surface area (Å²) in [6, 6.07) is 16.2. The van der Waals surface area contributed by atoms with Gasteiger partial charge in [-0.25, -0.2) is 0 Å². The molecule has 0 N–H and O–H groups in total. The van der Waals surface area contributed by atoms with E-state index in [9.17, 15) is 4.79 Å². The van der Waals surface area contributed by atoms with Gasteiger partial charge in [-0.15, -0.1) is 0 Å². The minimum atomic E-state index is -0.135. The Hall–Kier alpha value is -4.11. The molecule has 168 valence electrons. The van der Waals surface area contributed by atoms with Crippen LogP contribution in [0.2, 0.25) is 0 Å². The second-order valence-electron chi connectivity index (χ2n) is 7.36. The van der Waals surface area contributed by atoms with Gasteiger partial charge >= 0.3 is 0 Å². The molecule has 0 saturated carbocycles. The van der Waals surface area contributed by atoms with Gasteiger partial charge in [-0.3, -0.25) is 4.79 Å². The molecule has 0 aliphatic carbocycles. The van der Waals surface area contributed by atoms with Gasteiger partial charge in [-0.1, -0.05) is 17.3 Å². The summed E-state index contributed by atoms with van der Waals surface area (Å²) in [5, 5.41) is 4.08. The zero-order valence-electron chi connectivity index (χ0n) is 17.9. The number of ether oxygens (including phenoxy) is 4. The lowest BCUT2D eigenvalue weighted by Gasteiger charge is -2.10. The van der Waals surface area contributed by atoms with Crippen molar-refractivity contribution < 1.29 is 23.5 Å². The van der Waals surface area contributed by atoms with Crippen LogP contribution < -0.4 is 19.8 Å². The number of hydrogen-bond donors (Lipinski definition) is 0. The lowest BCUT2D eigenvalue weighted by molar-refractivity contribution is 0.146. The second-order valence-corrected chi connectivity index (χ2v) is 7.36. The molecular formula is C24H21N3O6. The lowest BCUT2D eigenvalue weighted by atomic mass is 10.2. The summed E-state index contributed by atoms with van der Waals surface area (Å²) in [5.74, 6) is 2.77. The van der Waals surface area contributed by atoms with Gasteiger partial charge in [0.2, 0.25) is 12.6 Å². The van der Waals surface area contributed by atoms with Crippen LogP contribution in [0.15, 0.2) is 70.1 Å². The molecule has 33 heavy (non-hydrogen) atoms. The van der Waals surface area contributed by atoms with Crippen molar-refractivity contribution in [3.8, 4) is 40.1 Å². The van der Waals surface area contributed by atoms with E-state index in [1.807, 2.05) is 30.3 Å². The van der Waals surface area contributed by atoms with E-state index in [1.165, 1.54) is 6.07 Å². The number of methoxy groups -OCH3 is 1. The molecule has 0 unspecified atom stereocenters. The molecule has 4 aromatic rings. The lowest BCUT2D eigenvalue weighted by Crippen LogP contribution is -2.19. The van der Waals surface area contributed by atoms with Crippen LogP contribution in [-0.4, -0.2) is 41.8 Å². The number of fused-ring (bicyclic) bond motifs is 1. The molecular weight excluding hydrogens is 426 g/mol. The molecule has 9 nitrogen and oxygen atoms in total. The Bertz CT molecular complexity index is 1330. The summed E-state index contributed by atoms with van der Waals surface area (Å²) in [6.07, 6.45) is 1.72. The number of nitrogens with zero attached hydrogens (tertiary/aromatic N) is 3. The Morgan fingerprint density at radius 2 is 1.88 bits per heavy atom. The average molecular weight is 447 g/mol. The van der Waals surface area contributed by atoms with E-state index in [-0.39, 0.29) is 12.4 Å². The van der Waals surface area contributed by atoms with E-state index >= 15 is 0 Å². The van der Waals surface area contributed by atoms with E-state index < -0.39 is 0 Å². The zero-order chi connectivity index (χ0) is 22.6. The number of benzene rings is 2. The molecule has 2 aromatic carbocycles. The third-order valence-corrected chi connectivity index (χ3v) is 5.09. The van der Waals surface area contributed by atoms with E-state index in [0.717, 1.165) is 16.9 Å². The first-order chi connectivity index (χ1) is 16.2. The van der Waals surface area contributed by atoms with Crippen LogP contribution in [0, 0.1) is 0 Å². The highest BCUT2D eigenvalue weighted by atomic mass is 16.7. The van der Waals surface area contributed by atoms with Crippen LogP contribution in [-0.2, 0) is 11.3 Å². The normalized spacial score (nSPS) is 12.2. The molecule has 5 rings (SSSR count). The van der Waals surface area contributed by atoms with E-state index in [1.54, 1.807) is 36.1 Å². The molecule has 0 radical (unpaired) electrons. The minimum Gasteiger partial charge on any atom is -0.491 e. The van der Waals surface area contributed by atoms with Crippen molar-refractivity contribution in [2.45, 2.75) is 6.54 Å². The molecule has 0 bridgehead atoms. The molecule has 0 spiro atoms. The Labute approximate surface area is 189 Å². The molecule has 2 aromatic heterocycles. The van der Waals surface area contributed by atoms with Crippen LogP contribution in [0.5, 0.6) is 17.2 Å². The van der Waals surface area contributed by atoms with Crippen molar-refractivity contribution in [3.05, 3.63) is 76.7 Å². The molecule has 0 amide bonds. The summed E-state index contributed by atoms with van der Waals surface area (Å²) >= 11 is 0. The van der Waals surface area contributed by atoms with Gasteiger partial charge < -0.3 is 28.0 Å². The van der Waals surface area contributed by atoms with Crippen LogP contribution in [0.4, 0.5) is 0 Å². The fraction of sp³-hybridized carbons (Fsp3) is 0.208. The molecule has 0 fully saturated rings. The Kier molecular flexibility index (Phi) is 5.77. The summed E-state index contributed by atoms with van der Waals surface area (Å²) in [6.45, 7) is 1.53. The minimum absolute atomic E-state index is 0.135. The monoisotopic (exact) mass is 447 g/mol. The van der Waals surface area contributed by atoms with Crippen LogP contribution >= 0.6 is 0 Å². The first-order valence-corrected chi connectivity index (χ1v) is 10.3. The highest BCUT2D eigenvalue weighted by Gasteiger charge is 2.17. The summed E-state index contributed by atoms with van der Waals surface area (Å²) in [4.78, 5) is 17.0. The summed E-state index contributed by atoms with van der Waals surface area (Å²) in [7, 11) is 1.63. The number of hydrogen-bond acceptors (Lipinski definition) is 8. The molecule has 0 saturated heterocycles. The van der Waals surface area contributed by atoms with Gasteiger partial charge in [-0.05, 0) is 42.0 Å². The van der Waals surface area contributed by atoms with Crippen molar-refractivity contribution in [2.75, 3.05) is 27.1 Å². The van der Waals surface area contributed by atoms with Gasteiger partial charge in [0, 0.05) is 30.5 Å². The fourth-order valence-electron chi connectivity index (χ4n) is 3.45. The first-order valence-electron chi connectivity index (χ1n) is 10.3. The maximum atomic E-state index is 12.5. The maximum absolute atomic E-state index is 12.5. The Balaban J connectivity index is 1.36. The third kappa shape index (κ3) is 4.58. The standard InChI is InChI=1S/C24H21N3O6/c1-29-9-10-30-19-4-2-3-16(11-19)13-27-14-18(6-8-22(27)28)23-25-24(33-26-23)17-5-7-20-21(12-17)32-15-31-20/h2-8,11-12,14H,9-10,13,15H2,1H3. The number of rotatable bonds is 8. The van der Waals surface area contributed by atoms with E-state index in [0.29, 0.717) is 48.5 Å². The van der Waals surface area contributed by atoms with Crippen molar-refractivity contribution in [2.24, 2.45) is 0 Å². The van der Waals surface area contributed by atoms with E-state index in [4.69, 9.17) is 23.5 Å². The summed E-state index contributed by atoms with van der Waals surface area (Å²) < 4.78 is 28.5. The first kappa shape index (κ1) is 20.8. The largest absolute Gasteiger partial charge is 0.491 e. The number of pyridine rings is 1. The predicted molar refractivity (Wildman–Crippen MR) is 118 cm³/mol. The van der Waals surface area contributed by atoms with Gasteiger partial charge in [0.1, 0.15) is 12.4 Å². The fourth-order valence-corrected chi connectivity index (χ4v) is 3.45. The second kappa shape index (κ2) is 9.17. The highest BCUT2D eigenvalue weighted by Crippen LogP contribution is 2.35. The van der Waals surface area contributed by atoms with Gasteiger partial charge in [-0.2, -0.15) is 4.98 Å². The molecule has 0 atom stereocenters. The van der Waals surface area contributed by atoms with Crippen molar-refractivity contribution >= 4 is 0 Å². The predicted octanol–water partition coefficient (Wildman–Crippen LogP) is 3.37. The van der Waals surface area contributed by atoms with Crippen LogP contribution in [0.1, 0.15) is 5.56 Å². The van der Waals surface area contributed by atoms with Crippen molar-refractivity contribution in [1.82, 2.24) is 14.7 Å². The van der Waals surface area contributed by atoms with Crippen molar-refractivity contribution in [3.63, 3.8) is 0 Å². The van der Waals surface area contributed by atoms with Crippen LogP contribution in [0.25, 0.3) is 22.8 Å². The molecule has 1 aliphatic rings. The Morgan fingerprint density at radius 1 is 1.00 bits per heavy atom.